The van der Waals surface area contributed by atoms with Gasteiger partial charge in [-0.2, -0.15) is 0 Å². The highest BCUT2D eigenvalue weighted by molar-refractivity contribution is 7.12. The summed E-state index contributed by atoms with van der Waals surface area (Å²) in [6.07, 6.45) is 3.77. The molecule has 1 aromatic carbocycles. The smallest absolute Gasteiger partial charge is 0.261 e. The number of hydrogen-bond acceptors (Lipinski definition) is 5. The fourth-order valence-corrected chi connectivity index (χ4v) is 4.28. The van der Waals surface area contributed by atoms with Crippen LogP contribution in [0.4, 0.5) is 5.82 Å². The SMILES string of the molecule is O=C(NCCNCc1cc2ccccc2nc1N1CCCCC1)c1cccs1. The molecule has 0 spiro atoms. The van der Waals surface area contributed by atoms with Gasteiger partial charge in [-0.3, -0.25) is 4.79 Å². The predicted octanol–water partition coefficient (Wildman–Crippen LogP) is 3.81. The minimum atomic E-state index is -0.00169. The Morgan fingerprint density at radius 3 is 2.75 bits per heavy atom. The summed E-state index contributed by atoms with van der Waals surface area (Å²) in [5, 5.41) is 9.52. The normalized spacial score (nSPS) is 14.4. The third kappa shape index (κ3) is 4.51. The number of piperidine rings is 1. The lowest BCUT2D eigenvalue weighted by molar-refractivity contribution is 0.0958. The molecule has 1 saturated heterocycles. The molecule has 0 saturated carbocycles. The Hall–Kier alpha value is -2.44. The number of fused-ring (bicyclic) bond motifs is 1. The van der Waals surface area contributed by atoms with Crippen molar-refractivity contribution in [2.45, 2.75) is 25.8 Å². The molecule has 1 aliphatic rings. The van der Waals surface area contributed by atoms with E-state index in [0.717, 1.165) is 42.4 Å². The number of hydrogen-bond donors (Lipinski definition) is 2. The lowest BCUT2D eigenvalue weighted by atomic mass is 10.1. The van der Waals surface area contributed by atoms with Gasteiger partial charge in [0, 0.05) is 43.7 Å². The fraction of sp³-hybridized carbons (Fsp3) is 0.364. The van der Waals surface area contributed by atoms with Crippen molar-refractivity contribution in [1.82, 2.24) is 15.6 Å². The number of anilines is 1. The van der Waals surface area contributed by atoms with Gasteiger partial charge >= 0.3 is 0 Å². The van der Waals surface area contributed by atoms with Crippen molar-refractivity contribution in [3.63, 3.8) is 0 Å². The molecule has 0 bridgehead atoms. The van der Waals surface area contributed by atoms with Crippen LogP contribution in [0.2, 0.25) is 0 Å². The minimum absolute atomic E-state index is 0.00169. The Morgan fingerprint density at radius 2 is 1.93 bits per heavy atom. The second kappa shape index (κ2) is 9.17. The molecule has 1 amide bonds. The highest BCUT2D eigenvalue weighted by atomic mass is 32.1. The minimum Gasteiger partial charge on any atom is -0.356 e. The maximum Gasteiger partial charge on any atom is 0.261 e. The summed E-state index contributed by atoms with van der Waals surface area (Å²) in [6, 6.07) is 14.3. The summed E-state index contributed by atoms with van der Waals surface area (Å²) in [6.45, 7) is 4.24. The molecule has 1 fully saturated rings. The van der Waals surface area contributed by atoms with Crippen LogP contribution in [0.1, 0.15) is 34.5 Å². The molecule has 146 valence electrons. The number of carbonyl (C=O) groups is 1. The lowest BCUT2D eigenvalue weighted by Gasteiger charge is -2.30. The summed E-state index contributed by atoms with van der Waals surface area (Å²) in [5.74, 6) is 1.10. The molecule has 4 rings (SSSR count). The standard InChI is InChI=1S/C22H26N4OS/c27-22(20-9-6-14-28-20)24-11-10-23-16-18-15-17-7-2-3-8-19(17)25-21(18)26-12-4-1-5-13-26/h2-3,6-9,14-15,23H,1,4-5,10-13,16H2,(H,24,27). The second-order valence-electron chi connectivity index (χ2n) is 7.12. The van der Waals surface area contributed by atoms with Gasteiger partial charge < -0.3 is 15.5 Å². The summed E-state index contributed by atoms with van der Waals surface area (Å²) in [7, 11) is 0. The molecule has 0 radical (unpaired) electrons. The van der Waals surface area contributed by atoms with Gasteiger partial charge in [-0.05, 0) is 42.8 Å². The number of amides is 1. The molecule has 0 unspecified atom stereocenters. The molecule has 6 heteroatoms. The number of benzene rings is 1. The highest BCUT2D eigenvalue weighted by Gasteiger charge is 2.17. The number of thiophene rings is 1. The summed E-state index contributed by atoms with van der Waals surface area (Å²) in [5.41, 5.74) is 2.28. The number of pyridine rings is 1. The third-order valence-electron chi connectivity index (χ3n) is 5.08. The maximum atomic E-state index is 12.0. The lowest BCUT2D eigenvalue weighted by Crippen LogP contribution is -2.33. The first-order valence-electron chi connectivity index (χ1n) is 9.97. The predicted molar refractivity (Wildman–Crippen MR) is 116 cm³/mol. The van der Waals surface area contributed by atoms with E-state index < -0.39 is 0 Å². The van der Waals surface area contributed by atoms with Crippen molar-refractivity contribution in [2.24, 2.45) is 0 Å². The van der Waals surface area contributed by atoms with Gasteiger partial charge in [0.05, 0.1) is 10.4 Å². The zero-order chi connectivity index (χ0) is 19.2. The summed E-state index contributed by atoms with van der Waals surface area (Å²) >= 11 is 1.46. The summed E-state index contributed by atoms with van der Waals surface area (Å²) < 4.78 is 0. The van der Waals surface area contributed by atoms with Crippen molar-refractivity contribution >= 4 is 34.0 Å². The zero-order valence-electron chi connectivity index (χ0n) is 16.0. The molecule has 0 atom stereocenters. The number of aromatic nitrogens is 1. The number of para-hydroxylation sites is 1. The van der Waals surface area contributed by atoms with Crippen molar-refractivity contribution in [3.05, 3.63) is 58.3 Å². The van der Waals surface area contributed by atoms with Gasteiger partial charge in [0.2, 0.25) is 0 Å². The van der Waals surface area contributed by atoms with E-state index in [1.807, 2.05) is 23.6 Å². The second-order valence-corrected chi connectivity index (χ2v) is 8.07. The first-order chi connectivity index (χ1) is 13.8. The van der Waals surface area contributed by atoms with Gasteiger partial charge in [0.1, 0.15) is 5.82 Å². The van der Waals surface area contributed by atoms with E-state index in [9.17, 15) is 4.79 Å². The van der Waals surface area contributed by atoms with E-state index in [-0.39, 0.29) is 5.91 Å². The Morgan fingerprint density at radius 1 is 1.07 bits per heavy atom. The van der Waals surface area contributed by atoms with Crippen LogP contribution in [0, 0.1) is 0 Å². The number of nitrogens with one attached hydrogen (secondary N) is 2. The van der Waals surface area contributed by atoms with E-state index in [1.54, 1.807) is 0 Å². The quantitative estimate of drug-likeness (QED) is 0.599. The molecule has 2 N–H and O–H groups in total. The van der Waals surface area contributed by atoms with Crippen LogP contribution in [-0.4, -0.2) is 37.1 Å². The van der Waals surface area contributed by atoms with E-state index in [0.29, 0.717) is 6.54 Å². The Labute approximate surface area is 169 Å². The number of carbonyl (C=O) groups excluding carboxylic acids is 1. The van der Waals surface area contributed by atoms with Crippen LogP contribution in [0.3, 0.4) is 0 Å². The molecule has 0 aliphatic carbocycles. The van der Waals surface area contributed by atoms with Gasteiger partial charge in [0.25, 0.3) is 5.91 Å². The number of nitrogens with zero attached hydrogens (tertiary/aromatic N) is 2. The van der Waals surface area contributed by atoms with Crippen LogP contribution in [-0.2, 0) is 6.54 Å². The van der Waals surface area contributed by atoms with Crippen molar-refractivity contribution in [2.75, 3.05) is 31.1 Å². The number of rotatable bonds is 7. The largest absolute Gasteiger partial charge is 0.356 e. The Kier molecular flexibility index (Phi) is 6.19. The van der Waals surface area contributed by atoms with Gasteiger partial charge in [-0.15, -0.1) is 11.3 Å². The first kappa shape index (κ1) is 18.9. The average molecular weight is 395 g/mol. The molecule has 3 aromatic rings. The van der Waals surface area contributed by atoms with Crippen molar-refractivity contribution in [3.8, 4) is 0 Å². The van der Waals surface area contributed by atoms with Crippen LogP contribution in [0.25, 0.3) is 10.9 Å². The molecular formula is C22H26N4OS. The fourth-order valence-electron chi connectivity index (χ4n) is 3.64. The zero-order valence-corrected chi connectivity index (χ0v) is 16.8. The average Bonchev–Trinajstić information content (AvgIpc) is 3.28. The van der Waals surface area contributed by atoms with Crippen LogP contribution in [0.15, 0.2) is 47.8 Å². The van der Waals surface area contributed by atoms with Crippen LogP contribution >= 0.6 is 11.3 Å². The molecule has 3 heterocycles. The van der Waals surface area contributed by atoms with Crippen molar-refractivity contribution < 1.29 is 4.79 Å². The van der Waals surface area contributed by atoms with E-state index in [2.05, 4.69) is 39.8 Å². The van der Waals surface area contributed by atoms with E-state index >= 15 is 0 Å². The first-order valence-corrected chi connectivity index (χ1v) is 10.9. The monoisotopic (exact) mass is 394 g/mol. The Balaban J connectivity index is 1.39. The topological polar surface area (TPSA) is 57.3 Å². The molecule has 28 heavy (non-hydrogen) atoms. The van der Waals surface area contributed by atoms with Gasteiger partial charge in [-0.25, -0.2) is 4.98 Å². The maximum absolute atomic E-state index is 12.0. The van der Waals surface area contributed by atoms with Gasteiger partial charge in [-0.1, -0.05) is 24.3 Å². The Bertz CT molecular complexity index is 919. The van der Waals surface area contributed by atoms with E-state index in [4.69, 9.17) is 4.98 Å². The third-order valence-corrected chi connectivity index (χ3v) is 5.95. The van der Waals surface area contributed by atoms with E-state index in [1.165, 1.54) is 41.5 Å². The molecular weight excluding hydrogens is 368 g/mol. The highest BCUT2D eigenvalue weighted by Crippen LogP contribution is 2.26. The van der Waals surface area contributed by atoms with Crippen LogP contribution < -0.4 is 15.5 Å². The van der Waals surface area contributed by atoms with Crippen LogP contribution in [0.5, 0.6) is 0 Å². The summed E-state index contributed by atoms with van der Waals surface area (Å²) in [4.78, 5) is 20.2. The van der Waals surface area contributed by atoms with Crippen molar-refractivity contribution in [1.29, 1.82) is 0 Å². The molecule has 2 aromatic heterocycles. The van der Waals surface area contributed by atoms with Gasteiger partial charge in [0.15, 0.2) is 0 Å². The molecule has 5 nitrogen and oxygen atoms in total. The molecule has 1 aliphatic heterocycles.